The smallest absolute Gasteiger partial charge is 0.233 e. The van der Waals surface area contributed by atoms with Crippen molar-refractivity contribution in [2.75, 3.05) is 0 Å². The molecule has 1 heterocycles. The second-order valence-electron chi connectivity index (χ2n) is 7.85. The molecular formula is C22H29FN4OS. The first kappa shape index (κ1) is 21.6. The van der Waals surface area contributed by atoms with Gasteiger partial charge in [-0.2, -0.15) is 0 Å². The predicted molar refractivity (Wildman–Crippen MR) is 115 cm³/mol. The molecule has 1 saturated carbocycles. The van der Waals surface area contributed by atoms with E-state index in [1.807, 2.05) is 11.5 Å². The molecule has 0 spiro atoms. The van der Waals surface area contributed by atoms with Crippen LogP contribution in [0.4, 0.5) is 4.39 Å². The van der Waals surface area contributed by atoms with Crippen molar-refractivity contribution in [2.45, 2.75) is 63.0 Å². The Labute approximate surface area is 176 Å². The maximum atomic E-state index is 13.3. The number of amides is 1. The van der Waals surface area contributed by atoms with Crippen LogP contribution in [0.3, 0.4) is 0 Å². The van der Waals surface area contributed by atoms with Crippen LogP contribution in [0, 0.1) is 17.7 Å². The molecule has 0 aliphatic heterocycles. The highest BCUT2D eigenvalue weighted by Gasteiger charge is 2.30. The van der Waals surface area contributed by atoms with Gasteiger partial charge in [0.05, 0.1) is 5.25 Å². The van der Waals surface area contributed by atoms with E-state index in [0.717, 1.165) is 18.4 Å². The summed E-state index contributed by atoms with van der Waals surface area (Å²) in [4.78, 5) is 12.8. The third-order valence-electron chi connectivity index (χ3n) is 5.82. The van der Waals surface area contributed by atoms with E-state index in [9.17, 15) is 9.18 Å². The molecule has 5 nitrogen and oxygen atoms in total. The molecule has 0 saturated heterocycles. The summed E-state index contributed by atoms with van der Waals surface area (Å²) in [6, 6.07) is 6.38. The van der Waals surface area contributed by atoms with Crippen LogP contribution in [0.15, 0.2) is 42.1 Å². The number of allylic oxidation sites excluding steroid dienone is 1. The van der Waals surface area contributed by atoms with E-state index < -0.39 is 0 Å². The van der Waals surface area contributed by atoms with Gasteiger partial charge in [-0.3, -0.25) is 9.36 Å². The van der Waals surface area contributed by atoms with Gasteiger partial charge in [0.25, 0.3) is 0 Å². The van der Waals surface area contributed by atoms with Gasteiger partial charge >= 0.3 is 0 Å². The number of halogens is 1. The van der Waals surface area contributed by atoms with Gasteiger partial charge in [-0.1, -0.05) is 44.5 Å². The first-order chi connectivity index (χ1) is 13.9. The van der Waals surface area contributed by atoms with Crippen LogP contribution < -0.4 is 5.32 Å². The van der Waals surface area contributed by atoms with Crippen LogP contribution in [0.1, 0.15) is 40.0 Å². The van der Waals surface area contributed by atoms with E-state index in [-0.39, 0.29) is 23.0 Å². The van der Waals surface area contributed by atoms with Crippen LogP contribution in [0.5, 0.6) is 0 Å². The summed E-state index contributed by atoms with van der Waals surface area (Å²) in [5.74, 6) is 1.48. The number of rotatable bonds is 7. The maximum absolute atomic E-state index is 13.3. The van der Waals surface area contributed by atoms with Crippen LogP contribution >= 0.6 is 11.8 Å². The van der Waals surface area contributed by atoms with E-state index in [4.69, 9.17) is 0 Å². The van der Waals surface area contributed by atoms with Crippen LogP contribution in [-0.4, -0.2) is 32.0 Å². The molecule has 0 unspecified atom stereocenters. The fourth-order valence-electron chi connectivity index (χ4n) is 3.78. The van der Waals surface area contributed by atoms with Gasteiger partial charge in [0.2, 0.25) is 5.91 Å². The normalized spacial score (nSPS) is 22.8. The molecule has 1 aliphatic rings. The summed E-state index contributed by atoms with van der Waals surface area (Å²) < 4.78 is 15.2. The third kappa shape index (κ3) is 5.07. The van der Waals surface area contributed by atoms with Gasteiger partial charge in [-0.15, -0.1) is 16.8 Å². The highest BCUT2D eigenvalue weighted by atomic mass is 32.2. The first-order valence-electron chi connectivity index (χ1n) is 10.2. The molecular weight excluding hydrogens is 387 g/mol. The Balaban J connectivity index is 1.72. The number of hydrogen-bond acceptors (Lipinski definition) is 4. The fraction of sp³-hybridized carbons (Fsp3) is 0.500. The topological polar surface area (TPSA) is 59.8 Å². The first-order valence-corrected chi connectivity index (χ1v) is 11.1. The molecule has 1 aliphatic carbocycles. The Morgan fingerprint density at radius 3 is 2.76 bits per heavy atom. The van der Waals surface area contributed by atoms with Gasteiger partial charge in [0.15, 0.2) is 11.0 Å². The van der Waals surface area contributed by atoms with E-state index in [1.165, 1.54) is 30.3 Å². The number of hydrogen-bond donors (Lipinski definition) is 1. The molecule has 0 bridgehead atoms. The number of benzene rings is 1. The summed E-state index contributed by atoms with van der Waals surface area (Å²) in [7, 11) is 0. The van der Waals surface area contributed by atoms with Crippen molar-refractivity contribution in [1.82, 2.24) is 20.1 Å². The van der Waals surface area contributed by atoms with Crippen molar-refractivity contribution in [2.24, 2.45) is 11.8 Å². The molecule has 1 aromatic carbocycles. The summed E-state index contributed by atoms with van der Waals surface area (Å²) in [6.45, 7) is 10.7. The molecule has 29 heavy (non-hydrogen) atoms. The van der Waals surface area contributed by atoms with Gasteiger partial charge in [-0.05, 0) is 49.4 Å². The Morgan fingerprint density at radius 2 is 2.07 bits per heavy atom. The minimum Gasteiger partial charge on any atom is -0.352 e. The predicted octanol–water partition coefficient (Wildman–Crippen LogP) is 4.69. The van der Waals surface area contributed by atoms with Crippen LogP contribution in [-0.2, 0) is 11.3 Å². The fourth-order valence-corrected chi connectivity index (χ4v) is 4.65. The number of nitrogens with one attached hydrogen (secondary N) is 1. The Hall–Kier alpha value is -2.15. The summed E-state index contributed by atoms with van der Waals surface area (Å²) in [6.07, 6.45) is 5.19. The van der Waals surface area contributed by atoms with Gasteiger partial charge in [0.1, 0.15) is 5.82 Å². The molecule has 0 radical (unpaired) electrons. The van der Waals surface area contributed by atoms with E-state index in [0.29, 0.717) is 29.4 Å². The standard InChI is InChI=1S/C22H29FN4OS/c1-5-13-27-20(17-9-11-18(23)12-10-17)25-26-22(27)29-16(4)21(28)24-19-8-6-7-14(2)15(19)3/h5,9-12,14-16,19H,1,6-8,13H2,2-4H3,(H,24,28)/t14-,15-,16-,19-/m1/s1. The summed E-state index contributed by atoms with van der Waals surface area (Å²) in [5, 5.41) is 12.1. The van der Waals surface area contributed by atoms with E-state index >= 15 is 0 Å². The van der Waals surface area contributed by atoms with Gasteiger partial charge in [-0.25, -0.2) is 4.39 Å². The van der Waals surface area contributed by atoms with Gasteiger partial charge in [0, 0.05) is 18.2 Å². The molecule has 3 rings (SSSR count). The largest absolute Gasteiger partial charge is 0.352 e. The zero-order chi connectivity index (χ0) is 21.0. The Kier molecular flexibility index (Phi) is 7.11. The lowest BCUT2D eigenvalue weighted by molar-refractivity contribution is -0.121. The Bertz CT molecular complexity index is 851. The quantitative estimate of drug-likeness (QED) is 0.525. The molecule has 1 fully saturated rings. The van der Waals surface area contributed by atoms with Crippen molar-refractivity contribution in [1.29, 1.82) is 0 Å². The SMILES string of the molecule is C=CCn1c(S[C@H](C)C(=O)N[C@@H]2CCC[C@@H](C)[C@H]2C)nnc1-c1ccc(F)cc1. The second-order valence-corrected chi connectivity index (χ2v) is 9.16. The van der Waals surface area contributed by atoms with Crippen molar-refractivity contribution < 1.29 is 9.18 Å². The second kappa shape index (κ2) is 9.57. The third-order valence-corrected chi connectivity index (χ3v) is 6.90. The molecule has 7 heteroatoms. The molecule has 1 aromatic heterocycles. The molecule has 156 valence electrons. The van der Waals surface area contributed by atoms with E-state index in [2.05, 4.69) is 35.9 Å². The van der Waals surface area contributed by atoms with E-state index in [1.54, 1.807) is 18.2 Å². The number of carbonyl (C=O) groups is 1. The number of carbonyl (C=O) groups excluding carboxylic acids is 1. The lowest BCUT2D eigenvalue weighted by atomic mass is 9.78. The molecule has 4 atom stereocenters. The van der Waals surface area contributed by atoms with Crippen molar-refractivity contribution in [3.63, 3.8) is 0 Å². The minimum absolute atomic E-state index is 0.0254. The number of thioether (sulfide) groups is 1. The number of nitrogens with zero attached hydrogens (tertiary/aromatic N) is 3. The van der Waals surface area contributed by atoms with Gasteiger partial charge < -0.3 is 5.32 Å². The zero-order valence-corrected chi connectivity index (χ0v) is 18.1. The number of aromatic nitrogens is 3. The lowest BCUT2D eigenvalue weighted by Crippen LogP contribution is -2.46. The van der Waals surface area contributed by atoms with Crippen LogP contribution in [0.2, 0.25) is 0 Å². The van der Waals surface area contributed by atoms with Crippen molar-refractivity contribution >= 4 is 17.7 Å². The lowest BCUT2D eigenvalue weighted by Gasteiger charge is -2.35. The highest BCUT2D eigenvalue weighted by molar-refractivity contribution is 8.00. The monoisotopic (exact) mass is 416 g/mol. The molecule has 2 aromatic rings. The zero-order valence-electron chi connectivity index (χ0n) is 17.3. The van der Waals surface area contributed by atoms with Crippen molar-refractivity contribution in [3.05, 3.63) is 42.7 Å². The highest BCUT2D eigenvalue weighted by Crippen LogP contribution is 2.31. The average molecular weight is 417 g/mol. The van der Waals surface area contributed by atoms with Crippen molar-refractivity contribution in [3.8, 4) is 11.4 Å². The minimum atomic E-state index is -0.298. The summed E-state index contributed by atoms with van der Waals surface area (Å²) >= 11 is 1.38. The maximum Gasteiger partial charge on any atom is 0.233 e. The molecule has 1 amide bonds. The molecule has 1 N–H and O–H groups in total. The summed E-state index contributed by atoms with van der Waals surface area (Å²) in [5.41, 5.74) is 0.773. The van der Waals surface area contributed by atoms with Crippen LogP contribution in [0.25, 0.3) is 11.4 Å². The Morgan fingerprint density at radius 1 is 1.34 bits per heavy atom. The average Bonchev–Trinajstić information content (AvgIpc) is 3.08.